The average molecular weight is 273 g/mol. The van der Waals surface area contributed by atoms with Gasteiger partial charge in [-0.3, -0.25) is 0 Å². The third-order valence-electron chi connectivity index (χ3n) is 4.36. The highest BCUT2D eigenvalue weighted by atomic mass is 16.5. The van der Waals surface area contributed by atoms with E-state index in [0.717, 1.165) is 11.4 Å². The normalized spacial score (nSPS) is 18.0. The van der Waals surface area contributed by atoms with E-state index in [-0.39, 0.29) is 0 Å². The van der Waals surface area contributed by atoms with Crippen LogP contribution in [0.3, 0.4) is 0 Å². The van der Waals surface area contributed by atoms with Crippen molar-refractivity contribution in [2.24, 2.45) is 0 Å². The van der Waals surface area contributed by atoms with Gasteiger partial charge in [-0.15, -0.1) is 0 Å². The van der Waals surface area contributed by atoms with Crippen LogP contribution in [0.15, 0.2) is 24.5 Å². The molecule has 1 fully saturated rings. The molecule has 0 aliphatic carbocycles. The highest BCUT2D eigenvalue weighted by Crippen LogP contribution is 2.30. The fraction of sp³-hybridized carbons (Fsp3) is 0.562. The summed E-state index contributed by atoms with van der Waals surface area (Å²) in [6.45, 7) is 6.90. The molecular weight excluding hydrogens is 250 g/mol. The third-order valence-corrected chi connectivity index (χ3v) is 4.36. The van der Waals surface area contributed by atoms with Gasteiger partial charge in [0.15, 0.2) is 11.4 Å². The van der Waals surface area contributed by atoms with Crippen LogP contribution in [0.2, 0.25) is 0 Å². The van der Waals surface area contributed by atoms with Crippen molar-refractivity contribution in [3.05, 3.63) is 30.2 Å². The van der Waals surface area contributed by atoms with Gasteiger partial charge in [0, 0.05) is 24.4 Å². The fourth-order valence-electron chi connectivity index (χ4n) is 3.07. The van der Waals surface area contributed by atoms with E-state index in [0.29, 0.717) is 12.0 Å². The molecule has 0 saturated carbocycles. The number of nitrogens with zero attached hydrogens (tertiary/aromatic N) is 3. The Morgan fingerprint density at radius 3 is 2.70 bits per heavy atom. The van der Waals surface area contributed by atoms with Crippen LogP contribution < -0.4 is 4.74 Å². The van der Waals surface area contributed by atoms with Gasteiger partial charge in [-0.05, 0) is 51.9 Å². The highest BCUT2D eigenvalue weighted by Gasteiger charge is 2.24. The first-order valence-electron chi connectivity index (χ1n) is 7.44. The molecule has 2 aromatic rings. The van der Waals surface area contributed by atoms with Gasteiger partial charge < -0.3 is 14.0 Å². The van der Waals surface area contributed by atoms with Crippen molar-refractivity contribution in [1.82, 2.24) is 14.3 Å². The zero-order valence-electron chi connectivity index (χ0n) is 12.5. The van der Waals surface area contributed by atoms with Crippen molar-refractivity contribution < 1.29 is 4.74 Å². The molecule has 1 aliphatic heterocycles. The molecule has 20 heavy (non-hydrogen) atoms. The van der Waals surface area contributed by atoms with Crippen molar-refractivity contribution in [3.8, 4) is 5.75 Å². The number of ether oxygens (including phenoxy) is 1. The second-order valence-corrected chi connectivity index (χ2v) is 5.88. The van der Waals surface area contributed by atoms with Gasteiger partial charge in [-0.1, -0.05) is 0 Å². The Kier molecular flexibility index (Phi) is 3.66. The Labute approximate surface area is 120 Å². The van der Waals surface area contributed by atoms with Crippen LogP contribution in [0.25, 0.3) is 5.65 Å². The molecule has 3 heterocycles. The molecule has 4 nitrogen and oxygen atoms in total. The van der Waals surface area contributed by atoms with Crippen LogP contribution in [0, 0.1) is 0 Å². The van der Waals surface area contributed by atoms with Crippen LogP contribution in [-0.4, -0.2) is 40.5 Å². The van der Waals surface area contributed by atoms with Gasteiger partial charge in [0.05, 0.1) is 12.8 Å². The maximum absolute atomic E-state index is 5.39. The van der Waals surface area contributed by atoms with Gasteiger partial charge in [-0.25, -0.2) is 4.98 Å². The van der Waals surface area contributed by atoms with Crippen molar-refractivity contribution in [2.75, 3.05) is 20.2 Å². The summed E-state index contributed by atoms with van der Waals surface area (Å²) in [7, 11) is 1.70. The van der Waals surface area contributed by atoms with Crippen LogP contribution in [0.5, 0.6) is 5.75 Å². The zero-order chi connectivity index (χ0) is 14.1. The number of imidazole rings is 1. The third kappa shape index (κ3) is 2.40. The molecule has 0 N–H and O–H groups in total. The Hall–Kier alpha value is -1.55. The smallest absolute Gasteiger partial charge is 0.179 e. The van der Waals surface area contributed by atoms with Gasteiger partial charge in [-0.2, -0.15) is 0 Å². The van der Waals surface area contributed by atoms with Gasteiger partial charge >= 0.3 is 0 Å². The molecule has 0 spiro atoms. The molecule has 0 amide bonds. The molecule has 0 aromatic carbocycles. The van der Waals surface area contributed by atoms with Crippen LogP contribution in [-0.2, 0) is 0 Å². The molecule has 108 valence electrons. The Morgan fingerprint density at radius 2 is 2.05 bits per heavy atom. The summed E-state index contributed by atoms with van der Waals surface area (Å²) < 4.78 is 7.46. The van der Waals surface area contributed by atoms with Gasteiger partial charge in [0.25, 0.3) is 0 Å². The Balaban J connectivity index is 1.81. The van der Waals surface area contributed by atoms with Crippen LogP contribution in [0.4, 0.5) is 0 Å². The summed E-state index contributed by atoms with van der Waals surface area (Å²) in [6.07, 6.45) is 6.60. The maximum atomic E-state index is 5.39. The first-order valence-corrected chi connectivity index (χ1v) is 7.44. The molecular formula is C16H23N3O. The van der Waals surface area contributed by atoms with Crippen LogP contribution >= 0.6 is 0 Å². The molecule has 4 heteroatoms. The number of likely N-dealkylation sites (tertiary alicyclic amines) is 1. The molecule has 1 saturated heterocycles. The molecule has 3 rings (SSSR count). The minimum absolute atomic E-state index is 0.578. The summed E-state index contributed by atoms with van der Waals surface area (Å²) in [4.78, 5) is 7.35. The summed E-state index contributed by atoms with van der Waals surface area (Å²) in [5, 5.41) is 0. The predicted octanol–water partition coefficient (Wildman–Crippen LogP) is 2.93. The van der Waals surface area contributed by atoms with Crippen LogP contribution in [0.1, 0.15) is 38.3 Å². The molecule has 0 bridgehead atoms. The topological polar surface area (TPSA) is 29.8 Å². The van der Waals surface area contributed by atoms with E-state index in [1.165, 1.54) is 31.6 Å². The van der Waals surface area contributed by atoms with E-state index in [4.69, 9.17) is 9.72 Å². The van der Waals surface area contributed by atoms with Crippen molar-refractivity contribution in [1.29, 1.82) is 0 Å². The molecule has 0 atom stereocenters. The number of rotatable bonds is 3. The number of piperidine rings is 1. The van der Waals surface area contributed by atoms with Crippen molar-refractivity contribution >= 4 is 5.65 Å². The molecule has 1 aliphatic rings. The Morgan fingerprint density at radius 1 is 1.30 bits per heavy atom. The number of fused-ring (bicyclic) bond motifs is 1. The summed E-state index contributed by atoms with van der Waals surface area (Å²) in [6, 6.07) is 4.61. The second-order valence-electron chi connectivity index (χ2n) is 5.88. The number of methoxy groups -OCH3 is 1. The molecule has 0 radical (unpaired) electrons. The van der Waals surface area contributed by atoms with Crippen molar-refractivity contribution in [3.63, 3.8) is 0 Å². The Bertz CT molecular complexity index is 582. The lowest BCUT2D eigenvalue weighted by atomic mass is 9.93. The second kappa shape index (κ2) is 5.44. The summed E-state index contributed by atoms with van der Waals surface area (Å²) in [5.41, 5.74) is 2.13. The van der Waals surface area contributed by atoms with Crippen molar-refractivity contribution in [2.45, 2.75) is 38.6 Å². The largest absolute Gasteiger partial charge is 0.493 e. The maximum Gasteiger partial charge on any atom is 0.179 e. The molecule has 0 unspecified atom stereocenters. The van der Waals surface area contributed by atoms with E-state index in [1.54, 1.807) is 7.11 Å². The first-order chi connectivity index (χ1) is 9.69. The minimum atomic E-state index is 0.578. The monoisotopic (exact) mass is 273 g/mol. The lowest BCUT2D eigenvalue weighted by Crippen LogP contribution is -2.37. The van der Waals surface area contributed by atoms with Gasteiger partial charge in [0.1, 0.15) is 0 Å². The number of hydrogen-bond donors (Lipinski definition) is 0. The zero-order valence-corrected chi connectivity index (χ0v) is 12.5. The van der Waals surface area contributed by atoms with E-state index in [2.05, 4.69) is 29.3 Å². The van der Waals surface area contributed by atoms with E-state index in [1.807, 2.05) is 18.3 Å². The fourth-order valence-corrected chi connectivity index (χ4v) is 3.07. The lowest BCUT2D eigenvalue weighted by Gasteiger charge is -2.33. The summed E-state index contributed by atoms with van der Waals surface area (Å²) in [5.74, 6) is 1.42. The van der Waals surface area contributed by atoms with Gasteiger partial charge in [0.2, 0.25) is 0 Å². The number of hydrogen-bond acceptors (Lipinski definition) is 3. The number of pyridine rings is 1. The first kappa shape index (κ1) is 13.4. The minimum Gasteiger partial charge on any atom is -0.493 e. The van der Waals surface area contributed by atoms with E-state index >= 15 is 0 Å². The number of aromatic nitrogens is 2. The van der Waals surface area contributed by atoms with E-state index < -0.39 is 0 Å². The SMILES string of the molecule is COc1cccn2cc(C3CCN(C(C)C)CC3)nc12. The average Bonchev–Trinajstić information content (AvgIpc) is 2.91. The molecule has 2 aromatic heterocycles. The van der Waals surface area contributed by atoms with E-state index in [9.17, 15) is 0 Å². The predicted molar refractivity (Wildman–Crippen MR) is 80.4 cm³/mol. The highest BCUT2D eigenvalue weighted by molar-refractivity contribution is 5.54. The summed E-state index contributed by atoms with van der Waals surface area (Å²) >= 11 is 0. The quantitative estimate of drug-likeness (QED) is 0.861. The lowest BCUT2D eigenvalue weighted by molar-refractivity contribution is 0.171. The standard InChI is InChI=1S/C16H23N3O/c1-12(2)18-9-6-13(7-10-18)14-11-19-8-4-5-15(20-3)16(19)17-14/h4-5,8,11-13H,6-7,9-10H2,1-3H3.